The highest BCUT2D eigenvalue weighted by Crippen LogP contribution is 2.42. The predicted molar refractivity (Wildman–Crippen MR) is 118 cm³/mol. The van der Waals surface area contributed by atoms with Crippen molar-refractivity contribution < 1.29 is 14.1 Å². The van der Waals surface area contributed by atoms with Crippen LogP contribution in [0, 0.1) is 0 Å². The van der Waals surface area contributed by atoms with Gasteiger partial charge in [0.05, 0.1) is 31.7 Å². The Hall–Kier alpha value is -3.22. The summed E-state index contributed by atoms with van der Waals surface area (Å²) >= 11 is 0. The lowest BCUT2D eigenvalue weighted by Crippen LogP contribution is -3.14. The number of furan rings is 1. The van der Waals surface area contributed by atoms with E-state index < -0.39 is 0 Å². The second kappa shape index (κ2) is 8.65. The maximum atomic E-state index is 6.26. The minimum Gasteiger partial charge on any atom is -0.437 e. The molecule has 2 N–H and O–H groups in total. The normalized spacial score (nSPS) is 14.8. The number of quaternary nitrogens is 1. The first kappa shape index (κ1) is 18.8. The van der Waals surface area contributed by atoms with Crippen LogP contribution in [0.15, 0.2) is 71.4 Å². The topological polar surface area (TPSA) is 64.6 Å². The van der Waals surface area contributed by atoms with Gasteiger partial charge in [0.15, 0.2) is 0 Å². The van der Waals surface area contributed by atoms with Crippen LogP contribution >= 0.6 is 0 Å². The summed E-state index contributed by atoms with van der Waals surface area (Å²) < 4.78 is 11.7. The maximum Gasteiger partial charge on any atom is 0.232 e. The lowest BCUT2D eigenvalue weighted by Gasteiger charge is -2.23. The van der Waals surface area contributed by atoms with Crippen molar-refractivity contribution in [1.82, 2.24) is 9.97 Å². The molecule has 4 aromatic rings. The fourth-order valence-electron chi connectivity index (χ4n) is 4.01. The average molecular weight is 401 g/mol. The monoisotopic (exact) mass is 401 g/mol. The summed E-state index contributed by atoms with van der Waals surface area (Å²) in [5.74, 6) is 1.64. The standard InChI is InChI=1S/C24H24N4O2/c1-3-7-18(8-4-1)20-21-23(25-11-12-28-13-15-29-16-14-28)26-17-27-24(21)30-22(20)19-9-5-2-6-10-19/h1-10,17H,11-16H2,(H,25,26,27)/p+1. The third-order valence-electron chi connectivity index (χ3n) is 5.56. The molecular weight excluding hydrogens is 376 g/mol. The number of morpholine rings is 1. The molecule has 0 bridgehead atoms. The lowest BCUT2D eigenvalue weighted by molar-refractivity contribution is -0.906. The van der Waals surface area contributed by atoms with Crippen molar-refractivity contribution in [3.05, 3.63) is 67.0 Å². The van der Waals surface area contributed by atoms with Gasteiger partial charge in [-0.3, -0.25) is 0 Å². The molecule has 152 valence electrons. The highest BCUT2D eigenvalue weighted by Gasteiger charge is 2.22. The number of rotatable bonds is 6. The molecular formula is C24H25N4O2+. The largest absolute Gasteiger partial charge is 0.437 e. The first-order valence-corrected chi connectivity index (χ1v) is 10.4. The minimum absolute atomic E-state index is 0.601. The van der Waals surface area contributed by atoms with E-state index in [0.717, 1.165) is 73.0 Å². The Bertz CT molecular complexity index is 1110. The summed E-state index contributed by atoms with van der Waals surface area (Å²) in [6.45, 7) is 5.65. The van der Waals surface area contributed by atoms with Crippen LogP contribution in [0.5, 0.6) is 0 Å². The van der Waals surface area contributed by atoms with Crippen LogP contribution in [0.4, 0.5) is 5.82 Å². The number of nitrogens with zero attached hydrogens (tertiary/aromatic N) is 2. The molecule has 0 spiro atoms. The zero-order chi connectivity index (χ0) is 20.2. The molecule has 0 saturated carbocycles. The molecule has 0 atom stereocenters. The molecule has 2 aromatic carbocycles. The van der Waals surface area contributed by atoms with Gasteiger partial charge >= 0.3 is 0 Å². The van der Waals surface area contributed by atoms with Crippen LogP contribution in [0.1, 0.15) is 0 Å². The van der Waals surface area contributed by atoms with Crippen LogP contribution in [0.3, 0.4) is 0 Å². The summed E-state index contributed by atoms with van der Waals surface area (Å²) in [6, 6.07) is 20.5. The zero-order valence-electron chi connectivity index (χ0n) is 16.8. The fraction of sp³-hybridized carbons (Fsp3) is 0.250. The van der Waals surface area contributed by atoms with E-state index in [1.165, 1.54) is 0 Å². The van der Waals surface area contributed by atoms with E-state index in [2.05, 4.69) is 39.6 Å². The molecule has 6 heteroatoms. The van der Waals surface area contributed by atoms with Crippen molar-refractivity contribution in [2.75, 3.05) is 44.7 Å². The van der Waals surface area contributed by atoms with Gasteiger partial charge in [0.1, 0.15) is 31.0 Å². The Morgan fingerprint density at radius 1 is 0.867 bits per heavy atom. The van der Waals surface area contributed by atoms with Crippen LogP contribution in [-0.2, 0) is 4.74 Å². The second-order valence-corrected chi connectivity index (χ2v) is 7.48. The lowest BCUT2D eigenvalue weighted by atomic mass is 9.99. The van der Waals surface area contributed by atoms with E-state index in [-0.39, 0.29) is 0 Å². The third kappa shape index (κ3) is 3.79. The smallest absolute Gasteiger partial charge is 0.232 e. The van der Waals surface area contributed by atoms with E-state index in [0.29, 0.717) is 5.71 Å². The number of aromatic nitrogens is 2. The van der Waals surface area contributed by atoms with Crippen LogP contribution in [0.25, 0.3) is 33.6 Å². The van der Waals surface area contributed by atoms with Gasteiger partial charge in [0, 0.05) is 11.1 Å². The summed E-state index contributed by atoms with van der Waals surface area (Å²) in [6.07, 6.45) is 1.57. The second-order valence-electron chi connectivity index (χ2n) is 7.48. The molecule has 6 nitrogen and oxygen atoms in total. The van der Waals surface area contributed by atoms with E-state index >= 15 is 0 Å². The molecule has 2 aromatic heterocycles. The number of ether oxygens (including phenoxy) is 1. The van der Waals surface area contributed by atoms with E-state index in [9.17, 15) is 0 Å². The molecule has 1 saturated heterocycles. The fourth-order valence-corrected chi connectivity index (χ4v) is 4.01. The molecule has 1 fully saturated rings. The number of hydrogen-bond acceptors (Lipinski definition) is 5. The van der Waals surface area contributed by atoms with Gasteiger partial charge in [0.2, 0.25) is 5.71 Å². The molecule has 30 heavy (non-hydrogen) atoms. The van der Waals surface area contributed by atoms with E-state index in [1.54, 1.807) is 11.2 Å². The van der Waals surface area contributed by atoms with Gasteiger partial charge in [0.25, 0.3) is 0 Å². The Kier molecular flexibility index (Phi) is 5.42. The van der Waals surface area contributed by atoms with Gasteiger partial charge in [-0.2, -0.15) is 0 Å². The number of benzene rings is 2. The minimum atomic E-state index is 0.601. The molecule has 0 amide bonds. The van der Waals surface area contributed by atoms with Crippen molar-refractivity contribution in [3.8, 4) is 22.5 Å². The predicted octanol–water partition coefficient (Wildman–Crippen LogP) is 2.88. The molecule has 0 radical (unpaired) electrons. The van der Waals surface area contributed by atoms with Crippen LogP contribution < -0.4 is 10.2 Å². The summed E-state index contributed by atoms with van der Waals surface area (Å²) in [5, 5.41) is 4.47. The first-order chi connectivity index (χ1) is 14.9. The molecule has 1 aliphatic rings. The van der Waals surface area contributed by atoms with Crippen LogP contribution in [-0.4, -0.2) is 49.4 Å². The Balaban J connectivity index is 1.54. The van der Waals surface area contributed by atoms with Crippen molar-refractivity contribution in [3.63, 3.8) is 0 Å². The van der Waals surface area contributed by atoms with Crippen molar-refractivity contribution >= 4 is 16.9 Å². The molecule has 5 rings (SSSR count). The van der Waals surface area contributed by atoms with E-state index in [1.807, 2.05) is 36.4 Å². The molecule has 0 unspecified atom stereocenters. The zero-order valence-corrected chi connectivity index (χ0v) is 16.8. The van der Waals surface area contributed by atoms with Crippen molar-refractivity contribution in [1.29, 1.82) is 0 Å². The summed E-state index contributed by atoms with van der Waals surface area (Å²) in [7, 11) is 0. The highest BCUT2D eigenvalue weighted by molar-refractivity contribution is 6.05. The van der Waals surface area contributed by atoms with E-state index in [4.69, 9.17) is 9.15 Å². The third-order valence-corrected chi connectivity index (χ3v) is 5.56. The first-order valence-electron chi connectivity index (χ1n) is 10.4. The highest BCUT2D eigenvalue weighted by atomic mass is 16.5. The molecule has 0 aliphatic carbocycles. The SMILES string of the molecule is c1ccc(-c2oc3ncnc(NCC[NH+]4CCOCC4)c3c2-c2ccccc2)cc1. The Morgan fingerprint density at radius 3 is 2.30 bits per heavy atom. The van der Waals surface area contributed by atoms with Gasteiger partial charge in [-0.1, -0.05) is 60.7 Å². The Labute approximate surface area is 175 Å². The van der Waals surface area contributed by atoms with Crippen LogP contribution in [0.2, 0.25) is 0 Å². The number of hydrogen-bond donors (Lipinski definition) is 2. The van der Waals surface area contributed by atoms with Gasteiger partial charge in [-0.25, -0.2) is 9.97 Å². The summed E-state index contributed by atoms with van der Waals surface area (Å²) in [5.41, 5.74) is 3.74. The molecule has 1 aliphatic heterocycles. The van der Waals surface area contributed by atoms with Crippen molar-refractivity contribution in [2.45, 2.75) is 0 Å². The van der Waals surface area contributed by atoms with Gasteiger partial charge in [-0.15, -0.1) is 0 Å². The van der Waals surface area contributed by atoms with Gasteiger partial charge < -0.3 is 19.4 Å². The summed E-state index contributed by atoms with van der Waals surface area (Å²) in [4.78, 5) is 10.6. The van der Waals surface area contributed by atoms with Crippen molar-refractivity contribution in [2.24, 2.45) is 0 Å². The quantitative estimate of drug-likeness (QED) is 0.520. The van der Waals surface area contributed by atoms with Gasteiger partial charge in [-0.05, 0) is 5.56 Å². The number of fused-ring (bicyclic) bond motifs is 1. The number of anilines is 1. The molecule has 3 heterocycles. The maximum absolute atomic E-state index is 6.26. The Morgan fingerprint density at radius 2 is 1.57 bits per heavy atom. The average Bonchev–Trinajstić information content (AvgIpc) is 3.21. The number of nitrogens with one attached hydrogen (secondary N) is 2.